The third-order valence-electron chi connectivity index (χ3n) is 2.34. The van der Waals surface area contributed by atoms with Crippen molar-refractivity contribution in [1.29, 1.82) is 0 Å². The number of hydrogen-bond acceptors (Lipinski definition) is 5. The molecule has 1 rings (SSSR count). The summed E-state index contributed by atoms with van der Waals surface area (Å²) in [6, 6.07) is 0.429. The molecule has 0 radical (unpaired) electrons. The van der Waals surface area contributed by atoms with Crippen molar-refractivity contribution in [3.05, 3.63) is 12.4 Å². The van der Waals surface area contributed by atoms with Crippen molar-refractivity contribution in [2.24, 2.45) is 0 Å². The van der Waals surface area contributed by atoms with Crippen LogP contribution in [0.25, 0.3) is 0 Å². The van der Waals surface area contributed by atoms with E-state index in [1.807, 2.05) is 11.8 Å². The smallest absolute Gasteiger partial charge is 0.147 e. The van der Waals surface area contributed by atoms with Gasteiger partial charge in [0.1, 0.15) is 11.6 Å². The zero-order chi connectivity index (χ0) is 12.5. The molecule has 0 aliphatic carbocycles. The number of nitrogens with zero attached hydrogens (tertiary/aromatic N) is 2. The Bertz CT molecular complexity index is 319. The molecule has 0 saturated carbocycles. The van der Waals surface area contributed by atoms with Crippen LogP contribution in [0, 0.1) is 0 Å². The van der Waals surface area contributed by atoms with Crippen molar-refractivity contribution >= 4 is 23.4 Å². The molecule has 0 aliphatic rings. The van der Waals surface area contributed by atoms with Crippen LogP contribution in [0.5, 0.6) is 0 Å². The first kappa shape index (κ1) is 14.1. The summed E-state index contributed by atoms with van der Waals surface area (Å²) in [4.78, 5) is 8.64. The number of hydrogen-bond donors (Lipinski definition) is 2. The minimum atomic E-state index is 0.429. The van der Waals surface area contributed by atoms with Crippen LogP contribution in [0.4, 0.5) is 11.6 Å². The summed E-state index contributed by atoms with van der Waals surface area (Å²) >= 11 is 1.87. The van der Waals surface area contributed by atoms with E-state index in [0.29, 0.717) is 6.04 Å². The summed E-state index contributed by atoms with van der Waals surface area (Å²) in [6.07, 6.45) is 7.88. The zero-order valence-corrected chi connectivity index (χ0v) is 11.7. The molecule has 0 saturated heterocycles. The first-order valence-electron chi connectivity index (χ1n) is 6.07. The molecule has 4 nitrogen and oxygen atoms in total. The largest absolute Gasteiger partial charge is 0.369 e. The number of aromatic nitrogens is 2. The van der Waals surface area contributed by atoms with Crippen LogP contribution in [-0.2, 0) is 0 Å². The minimum absolute atomic E-state index is 0.429. The zero-order valence-electron chi connectivity index (χ0n) is 10.9. The lowest BCUT2D eigenvalue weighted by atomic mass is 10.2. The molecule has 17 heavy (non-hydrogen) atoms. The molecule has 1 aromatic heterocycles. The lowest BCUT2D eigenvalue weighted by Gasteiger charge is -2.14. The molecule has 0 fully saturated rings. The molecule has 1 heterocycles. The van der Waals surface area contributed by atoms with Gasteiger partial charge in [-0.25, -0.2) is 4.98 Å². The Balaban J connectivity index is 2.47. The van der Waals surface area contributed by atoms with Crippen LogP contribution in [0.1, 0.15) is 26.7 Å². The third-order valence-corrected chi connectivity index (χ3v) is 2.98. The molecular weight excluding hydrogens is 232 g/mol. The van der Waals surface area contributed by atoms with E-state index in [-0.39, 0.29) is 0 Å². The number of thioether (sulfide) groups is 1. The second kappa shape index (κ2) is 8.17. The highest BCUT2D eigenvalue weighted by Crippen LogP contribution is 2.10. The second-order valence-corrected chi connectivity index (χ2v) is 5.03. The molecule has 0 aliphatic heterocycles. The van der Waals surface area contributed by atoms with Gasteiger partial charge in [0, 0.05) is 12.6 Å². The van der Waals surface area contributed by atoms with E-state index in [4.69, 9.17) is 0 Å². The van der Waals surface area contributed by atoms with E-state index < -0.39 is 0 Å². The monoisotopic (exact) mass is 254 g/mol. The fourth-order valence-electron chi connectivity index (χ4n) is 1.39. The van der Waals surface area contributed by atoms with E-state index in [9.17, 15) is 0 Å². The predicted octanol–water partition coefficient (Wildman–Crippen LogP) is 2.85. The fourth-order valence-corrected chi connectivity index (χ4v) is 1.98. The summed E-state index contributed by atoms with van der Waals surface area (Å²) in [5.41, 5.74) is 0. The average Bonchev–Trinajstić information content (AvgIpc) is 2.34. The summed E-state index contributed by atoms with van der Waals surface area (Å²) in [5.74, 6) is 2.85. The lowest BCUT2D eigenvalue weighted by molar-refractivity contribution is 0.765. The number of nitrogens with one attached hydrogen (secondary N) is 2. The van der Waals surface area contributed by atoms with Crippen LogP contribution in [0.15, 0.2) is 12.4 Å². The lowest BCUT2D eigenvalue weighted by Crippen LogP contribution is -2.17. The Kier molecular flexibility index (Phi) is 6.77. The van der Waals surface area contributed by atoms with Gasteiger partial charge in [-0.05, 0) is 31.8 Å². The van der Waals surface area contributed by atoms with E-state index >= 15 is 0 Å². The third kappa shape index (κ3) is 5.77. The van der Waals surface area contributed by atoms with Gasteiger partial charge >= 0.3 is 0 Å². The summed E-state index contributed by atoms with van der Waals surface area (Å²) in [5, 5.41) is 6.60. The number of anilines is 2. The van der Waals surface area contributed by atoms with Gasteiger partial charge in [0.25, 0.3) is 0 Å². The van der Waals surface area contributed by atoms with Gasteiger partial charge in [0.05, 0.1) is 12.4 Å². The van der Waals surface area contributed by atoms with E-state index in [1.54, 1.807) is 12.4 Å². The van der Waals surface area contributed by atoms with Gasteiger partial charge in [-0.2, -0.15) is 11.8 Å². The van der Waals surface area contributed by atoms with Gasteiger partial charge in [-0.3, -0.25) is 4.98 Å². The van der Waals surface area contributed by atoms with Crippen molar-refractivity contribution in [3.63, 3.8) is 0 Å². The quantitative estimate of drug-likeness (QED) is 0.747. The van der Waals surface area contributed by atoms with Gasteiger partial charge in [0.15, 0.2) is 0 Å². The van der Waals surface area contributed by atoms with Gasteiger partial charge < -0.3 is 10.6 Å². The molecule has 96 valence electrons. The van der Waals surface area contributed by atoms with Crippen LogP contribution < -0.4 is 10.6 Å². The van der Waals surface area contributed by atoms with Crippen molar-refractivity contribution in [2.45, 2.75) is 32.7 Å². The van der Waals surface area contributed by atoms with Crippen LogP contribution in [-0.4, -0.2) is 34.6 Å². The molecule has 0 aromatic carbocycles. The Morgan fingerprint density at radius 3 is 2.82 bits per heavy atom. The highest BCUT2D eigenvalue weighted by molar-refractivity contribution is 7.98. The van der Waals surface area contributed by atoms with Gasteiger partial charge in [-0.15, -0.1) is 0 Å². The first-order chi connectivity index (χ1) is 8.26. The molecular formula is C12H22N4S. The summed E-state index contributed by atoms with van der Waals surface area (Å²) in [6.45, 7) is 5.23. The second-order valence-electron chi connectivity index (χ2n) is 4.04. The molecule has 0 amide bonds. The molecule has 0 bridgehead atoms. The Morgan fingerprint density at radius 2 is 2.12 bits per heavy atom. The average molecular weight is 254 g/mol. The Morgan fingerprint density at radius 1 is 1.35 bits per heavy atom. The minimum Gasteiger partial charge on any atom is -0.369 e. The maximum absolute atomic E-state index is 4.47. The number of rotatable bonds is 8. The van der Waals surface area contributed by atoms with E-state index in [2.05, 4.69) is 40.7 Å². The van der Waals surface area contributed by atoms with Crippen molar-refractivity contribution < 1.29 is 0 Å². The van der Waals surface area contributed by atoms with Gasteiger partial charge in [-0.1, -0.05) is 6.92 Å². The topological polar surface area (TPSA) is 49.8 Å². The van der Waals surface area contributed by atoms with E-state index in [1.165, 1.54) is 0 Å². The predicted molar refractivity (Wildman–Crippen MR) is 76.9 cm³/mol. The SMILES string of the molecule is CCCNc1cncc(NC(C)CCSC)n1. The normalized spacial score (nSPS) is 12.2. The highest BCUT2D eigenvalue weighted by atomic mass is 32.2. The summed E-state index contributed by atoms with van der Waals surface area (Å²) < 4.78 is 0. The maximum Gasteiger partial charge on any atom is 0.147 e. The van der Waals surface area contributed by atoms with Crippen LogP contribution in [0.2, 0.25) is 0 Å². The van der Waals surface area contributed by atoms with E-state index in [0.717, 1.165) is 36.8 Å². The molecule has 5 heteroatoms. The van der Waals surface area contributed by atoms with Crippen molar-refractivity contribution in [1.82, 2.24) is 9.97 Å². The molecule has 1 aromatic rings. The molecule has 2 N–H and O–H groups in total. The summed E-state index contributed by atoms with van der Waals surface area (Å²) in [7, 11) is 0. The van der Waals surface area contributed by atoms with Gasteiger partial charge in [0.2, 0.25) is 0 Å². The molecule has 1 atom stereocenters. The van der Waals surface area contributed by atoms with Crippen molar-refractivity contribution in [2.75, 3.05) is 29.2 Å². The van der Waals surface area contributed by atoms with Crippen molar-refractivity contribution in [3.8, 4) is 0 Å². The van der Waals surface area contributed by atoms with Crippen LogP contribution in [0.3, 0.4) is 0 Å². The maximum atomic E-state index is 4.47. The van der Waals surface area contributed by atoms with Crippen LogP contribution >= 0.6 is 11.8 Å². The first-order valence-corrected chi connectivity index (χ1v) is 7.47. The fraction of sp³-hybridized carbons (Fsp3) is 0.667. The highest BCUT2D eigenvalue weighted by Gasteiger charge is 2.03. The molecule has 0 spiro atoms. The standard InChI is InChI=1S/C12H22N4S/c1-4-6-14-11-8-13-9-12(16-11)15-10(2)5-7-17-3/h8-10H,4-7H2,1-3H3,(H2,14,15,16). The molecule has 1 unspecified atom stereocenters. The Hall–Kier alpha value is -0.970. The Labute approximate surface area is 108 Å².